The molecule has 0 unspecified atom stereocenters. The van der Waals surface area contributed by atoms with E-state index in [1.54, 1.807) is 24.4 Å². The van der Waals surface area contributed by atoms with Gasteiger partial charge in [0.05, 0.1) is 17.1 Å². The standard InChI is InChI=1S/C13H17N5O3S/c1-14-22(20,21)12-4-2-10(3-5-12)8-15-13(19)16-9-11-6-7-17-18-11/h2-7,14H,8-9H2,1H3,(H,17,18)(H2,15,16,19). The lowest BCUT2D eigenvalue weighted by Gasteiger charge is -2.08. The molecule has 0 spiro atoms. The number of carbonyl (C=O) groups excluding carboxylic acids is 1. The third kappa shape index (κ3) is 4.30. The van der Waals surface area contributed by atoms with E-state index in [1.165, 1.54) is 19.2 Å². The van der Waals surface area contributed by atoms with Crippen molar-refractivity contribution in [3.8, 4) is 0 Å². The number of benzene rings is 1. The number of carbonyl (C=O) groups is 1. The zero-order valence-corrected chi connectivity index (χ0v) is 12.8. The third-order valence-electron chi connectivity index (χ3n) is 2.95. The predicted octanol–water partition coefficient (Wildman–Crippen LogP) is 0.317. The lowest BCUT2D eigenvalue weighted by atomic mass is 10.2. The number of hydrogen-bond donors (Lipinski definition) is 4. The van der Waals surface area contributed by atoms with Crippen LogP contribution >= 0.6 is 0 Å². The molecule has 0 bridgehead atoms. The summed E-state index contributed by atoms with van der Waals surface area (Å²) in [4.78, 5) is 11.8. The second-order valence-electron chi connectivity index (χ2n) is 4.47. The van der Waals surface area contributed by atoms with E-state index in [4.69, 9.17) is 0 Å². The molecule has 0 atom stereocenters. The molecule has 0 radical (unpaired) electrons. The first-order chi connectivity index (χ1) is 10.5. The maximum absolute atomic E-state index is 11.6. The lowest BCUT2D eigenvalue weighted by Crippen LogP contribution is -2.34. The number of amides is 2. The van der Waals surface area contributed by atoms with Crippen LogP contribution in [0.5, 0.6) is 0 Å². The average Bonchev–Trinajstić information content (AvgIpc) is 3.05. The fraction of sp³-hybridized carbons (Fsp3) is 0.231. The molecule has 22 heavy (non-hydrogen) atoms. The van der Waals surface area contributed by atoms with Crippen LogP contribution in [0, 0.1) is 0 Å². The van der Waals surface area contributed by atoms with Gasteiger partial charge in [-0.3, -0.25) is 5.10 Å². The summed E-state index contributed by atoms with van der Waals surface area (Å²) < 4.78 is 25.4. The molecule has 2 rings (SSSR count). The van der Waals surface area contributed by atoms with E-state index in [0.717, 1.165) is 11.3 Å². The van der Waals surface area contributed by atoms with Crippen LogP contribution < -0.4 is 15.4 Å². The van der Waals surface area contributed by atoms with Crippen LogP contribution in [-0.2, 0) is 23.1 Å². The zero-order valence-electron chi connectivity index (χ0n) is 12.0. The largest absolute Gasteiger partial charge is 0.334 e. The molecule has 8 nitrogen and oxygen atoms in total. The van der Waals surface area contributed by atoms with Gasteiger partial charge in [0.2, 0.25) is 10.0 Å². The Morgan fingerprint density at radius 2 is 1.82 bits per heavy atom. The van der Waals surface area contributed by atoms with Crippen LogP contribution in [0.25, 0.3) is 0 Å². The topological polar surface area (TPSA) is 116 Å². The molecule has 1 aromatic carbocycles. The number of rotatable bonds is 6. The van der Waals surface area contributed by atoms with E-state index in [0.29, 0.717) is 13.1 Å². The van der Waals surface area contributed by atoms with Gasteiger partial charge in [-0.1, -0.05) is 12.1 Å². The Hall–Kier alpha value is -2.39. The van der Waals surface area contributed by atoms with Gasteiger partial charge in [-0.25, -0.2) is 17.9 Å². The third-order valence-corrected chi connectivity index (χ3v) is 4.38. The van der Waals surface area contributed by atoms with Crippen molar-refractivity contribution in [2.75, 3.05) is 7.05 Å². The van der Waals surface area contributed by atoms with Crippen LogP contribution in [0.3, 0.4) is 0 Å². The fourth-order valence-electron chi connectivity index (χ4n) is 1.71. The van der Waals surface area contributed by atoms with Crippen LogP contribution in [0.15, 0.2) is 41.4 Å². The SMILES string of the molecule is CNS(=O)(=O)c1ccc(CNC(=O)NCc2ccn[nH]2)cc1. The van der Waals surface area contributed by atoms with Crippen molar-refractivity contribution < 1.29 is 13.2 Å². The number of aromatic nitrogens is 2. The molecule has 2 aromatic rings. The molecule has 0 saturated carbocycles. The first-order valence-corrected chi connectivity index (χ1v) is 8.02. The smallest absolute Gasteiger partial charge is 0.315 e. The number of nitrogens with one attached hydrogen (secondary N) is 4. The molecule has 2 amide bonds. The van der Waals surface area contributed by atoms with E-state index in [2.05, 4.69) is 25.6 Å². The van der Waals surface area contributed by atoms with Crippen molar-refractivity contribution in [2.45, 2.75) is 18.0 Å². The summed E-state index contributed by atoms with van der Waals surface area (Å²) >= 11 is 0. The molecule has 0 aliphatic heterocycles. The summed E-state index contributed by atoms with van der Waals surface area (Å²) in [5, 5.41) is 11.9. The van der Waals surface area contributed by atoms with Crippen LogP contribution in [0.4, 0.5) is 4.79 Å². The van der Waals surface area contributed by atoms with E-state index in [-0.39, 0.29) is 10.9 Å². The Balaban J connectivity index is 1.82. The van der Waals surface area contributed by atoms with Gasteiger partial charge in [0.15, 0.2) is 0 Å². The van der Waals surface area contributed by atoms with E-state index >= 15 is 0 Å². The van der Waals surface area contributed by atoms with Crippen LogP contribution in [0.1, 0.15) is 11.3 Å². The fourth-order valence-corrected chi connectivity index (χ4v) is 2.44. The Labute approximate surface area is 128 Å². The summed E-state index contributed by atoms with van der Waals surface area (Å²) in [6.45, 7) is 0.653. The van der Waals surface area contributed by atoms with Gasteiger partial charge in [0.25, 0.3) is 0 Å². The number of urea groups is 1. The minimum Gasteiger partial charge on any atom is -0.334 e. The van der Waals surface area contributed by atoms with Gasteiger partial charge in [-0.05, 0) is 30.8 Å². The van der Waals surface area contributed by atoms with Crippen LogP contribution in [-0.4, -0.2) is 31.7 Å². The minimum absolute atomic E-state index is 0.183. The van der Waals surface area contributed by atoms with Crippen molar-refractivity contribution in [1.82, 2.24) is 25.6 Å². The van der Waals surface area contributed by atoms with E-state index in [1.807, 2.05) is 0 Å². The number of nitrogens with zero attached hydrogens (tertiary/aromatic N) is 1. The summed E-state index contributed by atoms with van der Waals surface area (Å²) in [5.41, 5.74) is 1.60. The Kier molecular flexibility index (Phi) is 5.12. The highest BCUT2D eigenvalue weighted by molar-refractivity contribution is 7.89. The molecule has 118 valence electrons. The maximum Gasteiger partial charge on any atom is 0.315 e. The first-order valence-electron chi connectivity index (χ1n) is 6.54. The Morgan fingerprint density at radius 3 is 2.41 bits per heavy atom. The maximum atomic E-state index is 11.6. The molecule has 0 aliphatic carbocycles. The summed E-state index contributed by atoms with van der Waals surface area (Å²) in [7, 11) is -2.08. The van der Waals surface area contributed by atoms with Crippen LogP contribution in [0.2, 0.25) is 0 Å². The molecule has 0 aliphatic rings. The van der Waals surface area contributed by atoms with Crippen molar-refractivity contribution in [1.29, 1.82) is 0 Å². The quantitative estimate of drug-likeness (QED) is 0.612. The lowest BCUT2D eigenvalue weighted by molar-refractivity contribution is 0.240. The molecular formula is C13H17N5O3S. The number of H-pyrrole nitrogens is 1. The first kappa shape index (κ1) is 16.0. The van der Waals surface area contributed by atoms with Gasteiger partial charge < -0.3 is 10.6 Å². The van der Waals surface area contributed by atoms with Gasteiger partial charge in [0.1, 0.15) is 0 Å². The average molecular weight is 323 g/mol. The van der Waals surface area contributed by atoms with Gasteiger partial charge in [-0.15, -0.1) is 0 Å². The Morgan fingerprint density at radius 1 is 1.14 bits per heavy atom. The molecule has 0 fully saturated rings. The molecule has 4 N–H and O–H groups in total. The van der Waals surface area contributed by atoms with Crippen molar-refractivity contribution in [2.24, 2.45) is 0 Å². The Bertz CT molecular complexity index is 711. The van der Waals surface area contributed by atoms with Gasteiger partial charge >= 0.3 is 6.03 Å². The number of hydrogen-bond acceptors (Lipinski definition) is 4. The minimum atomic E-state index is -3.44. The van der Waals surface area contributed by atoms with E-state index < -0.39 is 10.0 Å². The van der Waals surface area contributed by atoms with Gasteiger partial charge in [0, 0.05) is 12.7 Å². The second-order valence-corrected chi connectivity index (χ2v) is 6.36. The summed E-state index contributed by atoms with van der Waals surface area (Å²) in [6.07, 6.45) is 1.61. The zero-order chi connectivity index (χ0) is 16.0. The predicted molar refractivity (Wildman–Crippen MR) is 80.4 cm³/mol. The monoisotopic (exact) mass is 323 g/mol. The summed E-state index contributed by atoms with van der Waals surface area (Å²) in [5.74, 6) is 0. The molecule has 1 aromatic heterocycles. The number of sulfonamides is 1. The molecule has 9 heteroatoms. The normalized spacial score (nSPS) is 11.1. The highest BCUT2D eigenvalue weighted by Crippen LogP contribution is 2.09. The highest BCUT2D eigenvalue weighted by atomic mass is 32.2. The van der Waals surface area contributed by atoms with Gasteiger partial charge in [-0.2, -0.15) is 5.10 Å². The van der Waals surface area contributed by atoms with Crippen molar-refractivity contribution in [3.05, 3.63) is 47.8 Å². The number of aromatic amines is 1. The van der Waals surface area contributed by atoms with Crippen molar-refractivity contribution in [3.63, 3.8) is 0 Å². The summed E-state index contributed by atoms with van der Waals surface area (Å²) in [6, 6.07) is 7.73. The molecule has 1 heterocycles. The molecular weight excluding hydrogens is 306 g/mol. The van der Waals surface area contributed by atoms with Crippen molar-refractivity contribution >= 4 is 16.1 Å². The van der Waals surface area contributed by atoms with E-state index in [9.17, 15) is 13.2 Å². The second kappa shape index (κ2) is 7.05. The molecule has 0 saturated heterocycles. The highest BCUT2D eigenvalue weighted by Gasteiger charge is 2.10.